The SMILES string of the molecule is COc1nc(SC)nc(NC2CCCN(C(=O)OC(C)(C)C)C2)c1-c1ncc(F)cn1. The van der Waals surface area contributed by atoms with Crippen LogP contribution in [-0.2, 0) is 4.74 Å². The first-order valence-corrected chi connectivity index (χ1v) is 11.1. The topological polar surface area (TPSA) is 102 Å². The predicted molar refractivity (Wildman–Crippen MR) is 116 cm³/mol. The van der Waals surface area contributed by atoms with Crippen LogP contribution in [0.15, 0.2) is 17.6 Å². The van der Waals surface area contributed by atoms with E-state index in [0.29, 0.717) is 29.6 Å². The van der Waals surface area contributed by atoms with Gasteiger partial charge in [0.15, 0.2) is 16.8 Å². The zero-order chi connectivity index (χ0) is 22.6. The molecule has 3 rings (SSSR count). The fourth-order valence-electron chi connectivity index (χ4n) is 3.19. The number of halogens is 1. The van der Waals surface area contributed by atoms with Crippen LogP contribution in [-0.4, -0.2) is 69.0 Å². The highest BCUT2D eigenvalue weighted by Crippen LogP contribution is 2.34. The number of nitrogens with zero attached hydrogens (tertiary/aromatic N) is 5. The average molecular weight is 451 g/mol. The Balaban J connectivity index is 1.89. The molecule has 1 saturated heterocycles. The first kappa shape index (κ1) is 23.0. The number of carbonyl (C=O) groups excluding carboxylic acids is 1. The van der Waals surface area contributed by atoms with Crippen LogP contribution in [0.3, 0.4) is 0 Å². The minimum absolute atomic E-state index is 0.0743. The lowest BCUT2D eigenvalue weighted by atomic mass is 10.1. The van der Waals surface area contributed by atoms with Crippen molar-refractivity contribution < 1.29 is 18.7 Å². The molecule has 1 aliphatic rings. The van der Waals surface area contributed by atoms with Gasteiger partial charge in [-0.2, -0.15) is 4.98 Å². The number of carbonyl (C=O) groups is 1. The van der Waals surface area contributed by atoms with E-state index in [1.54, 1.807) is 4.90 Å². The van der Waals surface area contributed by atoms with Crippen LogP contribution in [0, 0.1) is 5.82 Å². The minimum Gasteiger partial charge on any atom is -0.480 e. The van der Waals surface area contributed by atoms with Gasteiger partial charge in [0.2, 0.25) is 5.88 Å². The molecule has 168 valence electrons. The molecule has 1 unspecified atom stereocenters. The smallest absolute Gasteiger partial charge is 0.410 e. The van der Waals surface area contributed by atoms with Crippen LogP contribution in [0.1, 0.15) is 33.6 Å². The van der Waals surface area contributed by atoms with Gasteiger partial charge in [-0.3, -0.25) is 0 Å². The summed E-state index contributed by atoms with van der Waals surface area (Å²) in [5.41, 5.74) is -0.118. The fraction of sp³-hybridized carbons (Fsp3) is 0.550. The maximum atomic E-state index is 13.4. The molecule has 0 aliphatic carbocycles. The highest BCUT2D eigenvalue weighted by molar-refractivity contribution is 7.98. The lowest BCUT2D eigenvalue weighted by molar-refractivity contribution is 0.0206. The molecule has 1 atom stereocenters. The van der Waals surface area contributed by atoms with Gasteiger partial charge < -0.3 is 19.7 Å². The number of hydrogen-bond donors (Lipinski definition) is 1. The Morgan fingerprint density at radius 3 is 2.61 bits per heavy atom. The summed E-state index contributed by atoms with van der Waals surface area (Å²) in [5, 5.41) is 3.90. The van der Waals surface area contributed by atoms with Gasteiger partial charge in [-0.1, -0.05) is 11.8 Å². The third-order valence-electron chi connectivity index (χ3n) is 4.49. The number of thioether (sulfide) groups is 1. The summed E-state index contributed by atoms with van der Waals surface area (Å²) in [7, 11) is 1.49. The van der Waals surface area contributed by atoms with Gasteiger partial charge in [-0.25, -0.2) is 24.1 Å². The standard InChI is InChI=1S/C20H27FN6O3S/c1-20(2,3)30-19(28)27-8-6-7-13(11-27)24-16-14(15-22-9-12(21)10-23-15)17(29-4)26-18(25-16)31-5/h9-10,13H,6-8,11H2,1-5H3,(H,24,25,26). The van der Waals surface area contributed by atoms with E-state index >= 15 is 0 Å². The molecule has 9 nitrogen and oxygen atoms in total. The summed E-state index contributed by atoms with van der Waals surface area (Å²) in [6, 6.07) is -0.0743. The lowest BCUT2D eigenvalue weighted by Crippen LogP contribution is -2.47. The molecule has 1 aliphatic heterocycles. The van der Waals surface area contributed by atoms with E-state index in [2.05, 4.69) is 25.3 Å². The molecule has 0 aromatic carbocycles. The van der Waals surface area contributed by atoms with Gasteiger partial charge in [0, 0.05) is 19.1 Å². The van der Waals surface area contributed by atoms with Gasteiger partial charge in [0.05, 0.1) is 19.5 Å². The van der Waals surface area contributed by atoms with E-state index in [4.69, 9.17) is 9.47 Å². The molecule has 0 saturated carbocycles. The van der Waals surface area contributed by atoms with Crippen molar-refractivity contribution in [3.63, 3.8) is 0 Å². The second-order valence-corrected chi connectivity index (χ2v) is 8.85. The van der Waals surface area contributed by atoms with Crippen molar-refractivity contribution in [2.45, 2.75) is 50.4 Å². The highest BCUT2D eigenvalue weighted by atomic mass is 32.2. The summed E-state index contributed by atoms with van der Waals surface area (Å²) in [4.78, 5) is 31.3. The second kappa shape index (κ2) is 9.63. The summed E-state index contributed by atoms with van der Waals surface area (Å²) < 4.78 is 24.3. The van der Waals surface area contributed by atoms with Crippen molar-refractivity contribution in [1.82, 2.24) is 24.8 Å². The van der Waals surface area contributed by atoms with Crippen molar-refractivity contribution in [2.75, 3.05) is 31.8 Å². The Morgan fingerprint density at radius 2 is 2.00 bits per heavy atom. The number of ether oxygens (including phenoxy) is 2. The molecule has 1 N–H and O–H groups in total. The van der Waals surface area contributed by atoms with Crippen LogP contribution >= 0.6 is 11.8 Å². The van der Waals surface area contributed by atoms with Crippen LogP contribution in [0.5, 0.6) is 5.88 Å². The van der Waals surface area contributed by atoms with Crippen molar-refractivity contribution in [3.8, 4) is 17.3 Å². The molecule has 1 fully saturated rings. The largest absolute Gasteiger partial charge is 0.480 e. The van der Waals surface area contributed by atoms with Gasteiger partial charge >= 0.3 is 6.09 Å². The number of methoxy groups -OCH3 is 1. The molecular formula is C20H27FN6O3S. The van der Waals surface area contributed by atoms with E-state index in [0.717, 1.165) is 25.2 Å². The van der Waals surface area contributed by atoms with Gasteiger partial charge in [-0.05, 0) is 39.9 Å². The van der Waals surface area contributed by atoms with Crippen molar-refractivity contribution in [2.24, 2.45) is 0 Å². The molecular weight excluding hydrogens is 423 g/mol. The third-order valence-corrected chi connectivity index (χ3v) is 5.04. The third kappa shape index (κ3) is 5.93. The van der Waals surface area contributed by atoms with E-state index in [-0.39, 0.29) is 23.8 Å². The second-order valence-electron chi connectivity index (χ2n) is 8.08. The molecule has 0 spiro atoms. The number of hydrogen-bond acceptors (Lipinski definition) is 9. The van der Waals surface area contributed by atoms with Crippen molar-refractivity contribution >= 4 is 23.7 Å². The molecule has 2 aromatic rings. The number of nitrogens with one attached hydrogen (secondary N) is 1. The Bertz CT molecular complexity index is 922. The number of rotatable bonds is 5. The van der Waals surface area contributed by atoms with E-state index in [1.165, 1.54) is 18.9 Å². The summed E-state index contributed by atoms with van der Waals surface area (Å²) >= 11 is 1.37. The summed E-state index contributed by atoms with van der Waals surface area (Å²) in [6.07, 6.45) is 5.34. The normalized spacial score (nSPS) is 16.7. The monoisotopic (exact) mass is 450 g/mol. The van der Waals surface area contributed by atoms with Crippen molar-refractivity contribution in [1.29, 1.82) is 0 Å². The van der Waals surface area contributed by atoms with Gasteiger partial charge in [-0.15, -0.1) is 0 Å². The predicted octanol–water partition coefficient (Wildman–Crippen LogP) is 3.61. The van der Waals surface area contributed by atoms with Crippen LogP contribution < -0.4 is 10.1 Å². The average Bonchev–Trinajstić information content (AvgIpc) is 2.73. The zero-order valence-electron chi connectivity index (χ0n) is 18.3. The molecule has 2 aromatic heterocycles. The summed E-state index contributed by atoms with van der Waals surface area (Å²) in [6.45, 7) is 6.62. The molecule has 11 heteroatoms. The fourth-order valence-corrected chi connectivity index (χ4v) is 3.54. The molecule has 3 heterocycles. The Morgan fingerprint density at radius 1 is 1.29 bits per heavy atom. The number of likely N-dealkylation sites (tertiary alicyclic amines) is 1. The number of piperidine rings is 1. The molecule has 1 amide bonds. The highest BCUT2D eigenvalue weighted by Gasteiger charge is 2.29. The zero-order valence-corrected chi connectivity index (χ0v) is 19.1. The molecule has 0 bridgehead atoms. The van der Waals surface area contributed by atoms with Crippen molar-refractivity contribution in [3.05, 3.63) is 18.2 Å². The first-order valence-electron chi connectivity index (χ1n) is 9.92. The number of amides is 1. The van der Waals surface area contributed by atoms with Gasteiger partial charge in [0.25, 0.3) is 0 Å². The van der Waals surface area contributed by atoms with E-state index < -0.39 is 11.4 Å². The molecule has 0 radical (unpaired) electrons. The molecule has 31 heavy (non-hydrogen) atoms. The van der Waals surface area contributed by atoms with E-state index in [1.807, 2.05) is 27.0 Å². The van der Waals surface area contributed by atoms with Gasteiger partial charge in [0.1, 0.15) is 17.0 Å². The lowest BCUT2D eigenvalue weighted by Gasteiger charge is -2.34. The number of aromatic nitrogens is 4. The Hall–Kier alpha value is -2.69. The summed E-state index contributed by atoms with van der Waals surface area (Å²) in [5.74, 6) is 0.458. The maximum Gasteiger partial charge on any atom is 0.410 e. The maximum absolute atomic E-state index is 13.4. The van der Waals surface area contributed by atoms with Crippen LogP contribution in [0.4, 0.5) is 15.0 Å². The Kier molecular flexibility index (Phi) is 7.14. The van der Waals surface area contributed by atoms with E-state index in [9.17, 15) is 9.18 Å². The van der Waals surface area contributed by atoms with Crippen LogP contribution in [0.25, 0.3) is 11.4 Å². The quantitative estimate of drug-likeness (QED) is 0.540. The number of anilines is 1. The Labute approximate surface area is 185 Å². The van der Waals surface area contributed by atoms with Crippen LogP contribution in [0.2, 0.25) is 0 Å². The first-order chi connectivity index (χ1) is 14.7. The minimum atomic E-state index is -0.558.